The molecule has 5 N–H and O–H groups in total. The summed E-state index contributed by atoms with van der Waals surface area (Å²) in [4.78, 5) is 25.5. The summed E-state index contributed by atoms with van der Waals surface area (Å²) >= 11 is 0. The van der Waals surface area contributed by atoms with Gasteiger partial charge in [0.15, 0.2) is 11.6 Å². The maximum atomic E-state index is 12.8. The van der Waals surface area contributed by atoms with E-state index in [1.165, 1.54) is 18.2 Å². The highest BCUT2D eigenvalue weighted by molar-refractivity contribution is 6.29. The molecule has 1 aliphatic heterocycles. The summed E-state index contributed by atoms with van der Waals surface area (Å²) in [5.41, 5.74) is 0.139. The highest BCUT2D eigenvalue weighted by atomic mass is 16.7. The number of phenolic OH excluding ortho intramolecular Hbond substituents is 1. The molecular weight excluding hydrogens is 384 g/mol. The summed E-state index contributed by atoms with van der Waals surface area (Å²) in [7, 11) is 0. The lowest BCUT2D eigenvalue weighted by Gasteiger charge is -2.39. The van der Waals surface area contributed by atoms with E-state index in [4.69, 9.17) is 9.47 Å². The van der Waals surface area contributed by atoms with Crippen LogP contribution in [0.5, 0.6) is 11.5 Å². The van der Waals surface area contributed by atoms with Crippen LogP contribution in [-0.2, 0) is 4.74 Å². The number of phenols is 1. The normalized spacial score (nSPS) is 28.6. The number of ether oxygens (including phenoxy) is 2. The molecule has 1 fully saturated rings. The van der Waals surface area contributed by atoms with Crippen molar-refractivity contribution in [1.29, 1.82) is 0 Å². The Hall–Kier alpha value is -2.82. The van der Waals surface area contributed by atoms with Crippen LogP contribution >= 0.6 is 0 Å². The van der Waals surface area contributed by atoms with E-state index in [1.54, 1.807) is 12.1 Å². The molecule has 1 saturated heterocycles. The number of aromatic hydroxyl groups is 1. The van der Waals surface area contributed by atoms with E-state index in [9.17, 15) is 35.1 Å². The van der Waals surface area contributed by atoms with Crippen molar-refractivity contribution in [2.45, 2.75) is 30.7 Å². The fourth-order valence-corrected chi connectivity index (χ4v) is 3.54. The first kappa shape index (κ1) is 19.5. The fraction of sp³-hybridized carbons (Fsp3) is 0.300. The summed E-state index contributed by atoms with van der Waals surface area (Å²) in [6.45, 7) is -0.635. The molecule has 2 aromatic carbocycles. The highest BCUT2D eigenvalue weighted by Crippen LogP contribution is 2.37. The van der Waals surface area contributed by atoms with Gasteiger partial charge in [0.05, 0.1) is 12.2 Å². The minimum absolute atomic E-state index is 0.0757. The minimum Gasteiger partial charge on any atom is -0.507 e. The molecule has 5 atom stereocenters. The quantitative estimate of drug-likeness (QED) is 0.384. The van der Waals surface area contributed by atoms with Gasteiger partial charge in [0.2, 0.25) is 6.29 Å². The number of carbonyl (C=O) groups excluding carboxylic acids is 2. The van der Waals surface area contributed by atoms with Crippen LogP contribution in [0, 0.1) is 0 Å². The number of aliphatic hydroxyl groups is 4. The average molecular weight is 402 g/mol. The zero-order valence-electron chi connectivity index (χ0n) is 14.9. The molecule has 4 rings (SSSR count). The number of fused-ring (bicyclic) bond motifs is 2. The number of carbonyl (C=O) groups is 2. The fourth-order valence-electron chi connectivity index (χ4n) is 3.54. The maximum Gasteiger partial charge on any atom is 0.229 e. The van der Waals surface area contributed by atoms with Crippen LogP contribution in [0.1, 0.15) is 31.8 Å². The van der Waals surface area contributed by atoms with Gasteiger partial charge in [0.25, 0.3) is 0 Å². The summed E-state index contributed by atoms with van der Waals surface area (Å²) in [6.07, 6.45) is -7.54. The standard InChI is InChI=1S/C20H18O9/c21-7-13-17(25)18(26)19(27)20(29-13)28-8-5-11-14(12(22)6-8)16(24)10-4-2-1-3-9(10)15(11)23/h1-6,13,17-22,25-27H,7H2/t13-,17+,18-,19-,20+/m1/s1. The largest absolute Gasteiger partial charge is 0.507 e. The summed E-state index contributed by atoms with van der Waals surface area (Å²) in [5, 5.41) is 49.4. The Balaban J connectivity index is 1.68. The Labute approximate surface area is 164 Å². The summed E-state index contributed by atoms with van der Waals surface area (Å²) < 4.78 is 10.7. The monoisotopic (exact) mass is 402 g/mol. The number of hydrogen-bond donors (Lipinski definition) is 5. The van der Waals surface area contributed by atoms with E-state index >= 15 is 0 Å². The number of hydrogen-bond acceptors (Lipinski definition) is 9. The Kier molecular flexibility index (Phi) is 4.85. The van der Waals surface area contributed by atoms with Crippen LogP contribution in [0.2, 0.25) is 0 Å². The van der Waals surface area contributed by atoms with Gasteiger partial charge < -0.3 is 35.0 Å². The molecule has 2 aliphatic rings. The van der Waals surface area contributed by atoms with Gasteiger partial charge in [-0.1, -0.05) is 24.3 Å². The molecule has 2 aromatic rings. The molecule has 0 amide bonds. The Bertz CT molecular complexity index is 984. The van der Waals surface area contributed by atoms with Gasteiger partial charge >= 0.3 is 0 Å². The van der Waals surface area contributed by atoms with E-state index in [2.05, 4.69) is 0 Å². The van der Waals surface area contributed by atoms with Crippen LogP contribution in [0.25, 0.3) is 0 Å². The van der Waals surface area contributed by atoms with Crippen LogP contribution in [0.15, 0.2) is 36.4 Å². The number of aliphatic hydroxyl groups excluding tert-OH is 4. The molecular formula is C20H18O9. The van der Waals surface area contributed by atoms with Crippen molar-refractivity contribution < 1.29 is 44.6 Å². The van der Waals surface area contributed by atoms with Crippen molar-refractivity contribution in [3.8, 4) is 11.5 Å². The third-order valence-corrected chi connectivity index (χ3v) is 5.08. The van der Waals surface area contributed by atoms with Crippen molar-refractivity contribution in [2.75, 3.05) is 6.61 Å². The lowest BCUT2D eigenvalue weighted by Crippen LogP contribution is -2.60. The molecule has 29 heavy (non-hydrogen) atoms. The van der Waals surface area contributed by atoms with Crippen molar-refractivity contribution in [1.82, 2.24) is 0 Å². The number of ketones is 2. The third-order valence-electron chi connectivity index (χ3n) is 5.08. The van der Waals surface area contributed by atoms with Crippen LogP contribution in [-0.4, -0.2) is 74.4 Å². The predicted molar refractivity (Wildman–Crippen MR) is 95.8 cm³/mol. The Morgan fingerprint density at radius 1 is 0.897 bits per heavy atom. The molecule has 0 saturated carbocycles. The van der Waals surface area contributed by atoms with E-state index in [0.29, 0.717) is 0 Å². The second kappa shape index (κ2) is 7.21. The molecule has 9 nitrogen and oxygen atoms in total. The van der Waals surface area contributed by atoms with Gasteiger partial charge in [-0.3, -0.25) is 9.59 Å². The van der Waals surface area contributed by atoms with E-state index < -0.39 is 54.6 Å². The van der Waals surface area contributed by atoms with Crippen molar-refractivity contribution in [3.63, 3.8) is 0 Å². The first-order valence-corrected chi connectivity index (χ1v) is 8.86. The van der Waals surface area contributed by atoms with Crippen LogP contribution in [0.4, 0.5) is 0 Å². The molecule has 0 bridgehead atoms. The summed E-state index contributed by atoms with van der Waals surface area (Å²) in [5.74, 6) is -1.59. The van der Waals surface area contributed by atoms with Crippen molar-refractivity contribution >= 4 is 11.6 Å². The molecule has 9 heteroatoms. The highest BCUT2D eigenvalue weighted by Gasteiger charge is 2.45. The molecule has 1 aliphatic carbocycles. The minimum atomic E-state index is -1.66. The SMILES string of the molecule is O=C1c2ccccc2C(=O)c2c(O)cc(O[C@H]3O[C@H](CO)[C@H](O)[C@@H](O)[C@H]3O)cc21. The lowest BCUT2D eigenvalue weighted by molar-refractivity contribution is -0.277. The Morgan fingerprint density at radius 2 is 1.55 bits per heavy atom. The van der Waals surface area contributed by atoms with Gasteiger partial charge in [0.1, 0.15) is 35.9 Å². The van der Waals surface area contributed by atoms with E-state index in [1.807, 2.05) is 0 Å². The van der Waals surface area contributed by atoms with Crippen molar-refractivity contribution in [3.05, 3.63) is 58.7 Å². The van der Waals surface area contributed by atoms with E-state index in [-0.39, 0.29) is 28.0 Å². The zero-order chi connectivity index (χ0) is 20.9. The molecule has 1 heterocycles. The van der Waals surface area contributed by atoms with Gasteiger partial charge in [-0.15, -0.1) is 0 Å². The Morgan fingerprint density at radius 3 is 2.21 bits per heavy atom. The number of benzene rings is 2. The van der Waals surface area contributed by atoms with Gasteiger partial charge in [-0.05, 0) is 6.07 Å². The smallest absolute Gasteiger partial charge is 0.229 e. The summed E-state index contributed by atoms with van der Waals surface area (Å²) in [6, 6.07) is 8.54. The van der Waals surface area contributed by atoms with Crippen molar-refractivity contribution in [2.24, 2.45) is 0 Å². The zero-order valence-corrected chi connectivity index (χ0v) is 14.9. The van der Waals surface area contributed by atoms with E-state index in [0.717, 1.165) is 6.07 Å². The molecule has 0 radical (unpaired) electrons. The lowest BCUT2D eigenvalue weighted by atomic mass is 9.83. The third kappa shape index (κ3) is 3.09. The molecule has 0 aromatic heterocycles. The average Bonchev–Trinajstić information content (AvgIpc) is 2.72. The predicted octanol–water partition coefficient (Wildman–Crippen LogP) is -0.654. The second-order valence-electron chi connectivity index (χ2n) is 6.88. The molecule has 152 valence electrons. The van der Waals surface area contributed by atoms with Crippen LogP contribution < -0.4 is 4.74 Å². The topological polar surface area (TPSA) is 154 Å². The molecule has 0 unspecified atom stereocenters. The first-order chi connectivity index (χ1) is 13.8. The van der Waals surface area contributed by atoms with Gasteiger partial charge in [0, 0.05) is 22.8 Å². The first-order valence-electron chi connectivity index (χ1n) is 8.86. The van der Waals surface area contributed by atoms with Gasteiger partial charge in [-0.2, -0.15) is 0 Å². The molecule has 0 spiro atoms. The van der Waals surface area contributed by atoms with Crippen LogP contribution in [0.3, 0.4) is 0 Å². The second-order valence-corrected chi connectivity index (χ2v) is 6.88. The van der Waals surface area contributed by atoms with Gasteiger partial charge in [-0.25, -0.2) is 0 Å². The maximum absolute atomic E-state index is 12.8. The number of rotatable bonds is 3.